The van der Waals surface area contributed by atoms with E-state index in [2.05, 4.69) is 9.72 Å². The molecule has 1 aromatic rings. The molecule has 74 valence electrons. The molecule has 0 saturated carbocycles. The number of esters is 1. The van der Waals surface area contributed by atoms with Crippen LogP contribution in [0.25, 0.3) is 0 Å². The molecule has 1 heterocycles. The average Bonchev–Trinajstić information content (AvgIpc) is 2.17. The number of aromatic nitrogens is 1. The van der Waals surface area contributed by atoms with E-state index in [-0.39, 0.29) is 11.5 Å². The van der Waals surface area contributed by atoms with Gasteiger partial charge in [-0.2, -0.15) is 0 Å². The molecule has 0 aliphatic carbocycles. The standard InChI is InChI=1S/C8H8N2O4/c1-5-3-4-6(8(11)14-2)9-7(5)10(12)13/h3-4H,1-2H3. The second kappa shape index (κ2) is 3.82. The van der Waals surface area contributed by atoms with Crippen molar-refractivity contribution < 1.29 is 14.5 Å². The molecular formula is C8H8N2O4. The first-order chi connectivity index (χ1) is 6.56. The van der Waals surface area contributed by atoms with E-state index in [4.69, 9.17) is 0 Å². The van der Waals surface area contributed by atoms with Crippen molar-refractivity contribution in [1.29, 1.82) is 0 Å². The van der Waals surface area contributed by atoms with Gasteiger partial charge in [-0.25, -0.2) is 4.79 Å². The molecule has 0 amide bonds. The fraction of sp³-hybridized carbons (Fsp3) is 0.250. The summed E-state index contributed by atoms with van der Waals surface area (Å²) in [5, 5.41) is 10.5. The molecule has 0 saturated heterocycles. The van der Waals surface area contributed by atoms with Gasteiger partial charge in [0.15, 0.2) is 0 Å². The lowest BCUT2D eigenvalue weighted by atomic mass is 10.2. The predicted molar refractivity (Wildman–Crippen MR) is 47.0 cm³/mol. The number of aryl methyl sites for hydroxylation is 1. The van der Waals surface area contributed by atoms with Crippen LogP contribution in [0.5, 0.6) is 0 Å². The van der Waals surface area contributed by atoms with Crippen LogP contribution in [0.3, 0.4) is 0 Å². The maximum Gasteiger partial charge on any atom is 0.382 e. The largest absolute Gasteiger partial charge is 0.463 e. The summed E-state index contributed by atoms with van der Waals surface area (Å²) in [5.41, 5.74) is 0.340. The second-order valence-corrected chi connectivity index (χ2v) is 2.59. The Hall–Kier alpha value is -1.98. The van der Waals surface area contributed by atoms with Gasteiger partial charge >= 0.3 is 11.8 Å². The van der Waals surface area contributed by atoms with E-state index in [0.717, 1.165) is 0 Å². The van der Waals surface area contributed by atoms with Gasteiger partial charge in [-0.15, -0.1) is 0 Å². The second-order valence-electron chi connectivity index (χ2n) is 2.59. The zero-order valence-electron chi connectivity index (χ0n) is 7.68. The molecule has 6 heteroatoms. The van der Waals surface area contributed by atoms with Gasteiger partial charge in [-0.3, -0.25) is 0 Å². The molecular weight excluding hydrogens is 188 g/mol. The maximum absolute atomic E-state index is 11.0. The van der Waals surface area contributed by atoms with Crippen molar-refractivity contribution >= 4 is 11.8 Å². The SMILES string of the molecule is COC(=O)c1ccc(C)c([N+](=O)[O-])n1. The first kappa shape index (κ1) is 10.1. The predicted octanol–water partition coefficient (Wildman–Crippen LogP) is 1.08. The lowest BCUT2D eigenvalue weighted by Crippen LogP contribution is -2.06. The van der Waals surface area contributed by atoms with Gasteiger partial charge < -0.3 is 14.9 Å². The molecule has 0 aliphatic rings. The van der Waals surface area contributed by atoms with Crippen LogP contribution in [0.4, 0.5) is 5.82 Å². The van der Waals surface area contributed by atoms with Crippen LogP contribution in [-0.2, 0) is 4.74 Å². The van der Waals surface area contributed by atoms with Crippen molar-refractivity contribution in [2.75, 3.05) is 7.11 Å². The van der Waals surface area contributed by atoms with Crippen LogP contribution in [-0.4, -0.2) is 23.0 Å². The zero-order chi connectivity index (χ0) is 10.7. The van der Waals surface area contributed by atoms with E-state index in [9.17, 15) is 14.9 Å². The summed E-state index contributed by atoms with van der Waals surface area (Å²) >= 11 is 0. The minimum Gasteiger partial charge on any atom is -0.463 e. The Morgan fingerprint density at radius 3 is 2.71 bits per heavy atom. The van der Waals surface area contributed by atoms with Crippen molar-refractivity contribution in [3.63, 3.8) is 0 Å². The van der Waals surface area contributed by atoms with Gasteiger partial charge in [-0.1, -0.05) is 0 Å². The van der Waals surface area contributed by atoms with Gasteiger partial charge in [0.05, 0.1) is 7.11 Å². The molecule has 1 aromatic heterocycles. The van der Waals surface area contributed by atoms with Gasteiger partial charge in [0.25, 0.3) is 5.69 Å². The van der Waals surface area contributed by atoms with E-state index in [1.807, 2.05) is 0 Å². The third-order valence-electron chi connectivity index (χ3n) is 1.64. The third-order valence-corrected chi connectivity index (χ3v) is 1.64. The Bertz CT molecular complexity index is 389. The summed E-state index contributed by atoms with van der Waals surface area (Å²) in [5.74, 6) is -1.01. The van der Waals surface area contributed by atoms with Crippen molar-refractivity contribution in [3.8, 4) is 0 Å². The first-order valence-corrected chi connectivity index (χ1v) is 3.76. The lowest BCUT2D eigenvalue weighted by molar-refractivity contribution is -0.390. The smallest absolute Gasteiger partial charge is 0.382 e. The summed E-state index contributed by atoms with van der Waals surface area (Å²) < 4.78 is 4.39. The van der Waals surface area contributed by atoms with Crippen molar-refractivity contribution in [3.05, 3.63) is 33.5 Å². The highest BCUT2D eigenvalue weighted by molar-refractivity contribution is 5.87. The van der Waals surface area contributed by atoms with Crippen LogP contribution in [0.2, 0.25) is 0 Å². The molecule has 0 spiro atoms. The highest BCUT2D eigenvalue weighted by atomic mass is 16.6. The monoisotopic (exact) mass is 196 g/mol. The molecule has 0 fully saturated rings. The van der Waals surface area contributed by atoms with Gasteiger partial charge in [-0.05, 0) is 29.0 Å². The Balaban J connectivity index is 3.19. The Kier molecular flexibility index (Phi) is 2.76. The minimum atomic E-state index is -0.687. The number of carbonyl (C=O) groups excluding carboxylic acids is 1. The number of methoxy groups -OCH3 is 1. The van der Waals surface area contributed by atoms with Crippen molar-refractivity contribution in [2.45, 2.75) is 6.92 Å². The van der Waals surface area contributed by atoms with E-state index in [0.29, 0.717) is 5.56 Å². The van der Waals surface area contributed by atoms with E-state index < -0.39 is 10.9 Å². The van der Waals surface area contributed by atoms with Gasteiger partial charge in [0.2, 0.25) is 0 Å². The molecule has 0 bridgehead atoms. The molecule has 0 N–H and O–H groups in total. The van der Waals surface area contributed by atoms with Gasteiger partial charge in [0, 0.05) is 5.56 Å². The van der Waals surface area contributed by atoms with Crippen LogP contribution in [0.1, 0.15) is 16.1 Å². The maximum atomic E-state index is 11.0. The number of nitro groups is 1. The van der Waals surface area contributed by atoms with Crippen LogP contribution < -0.4 is 0 Å². The van der Waals surface area contributed by atoms with Crippen molar-refractivity contribution in [1.82, 2.24) is 4.98 Å². The first-order valence-electron chi connectivity index (χ1n) is 3.76. The Labute approximate surface area is 79.7 Å². The number of hydrogen-bond donors (Lipinski definition) is 0. The molecule has 0 atom stereocenters. The van der Waals surface area contributed by atoms with Crippen LogP contribution >= 0.6 is 0 Å². The quantitative estimate of drug-likeness (QED) is 0.401. The van der Waals surface area contributed by atoms with Crippen LogP contribution in [0.15, 0.2) is 12.1 Å². The fourth-order valence-electron chi connectivity index (χ4n) is 0.921. The van der Waals surface area contributed by atoms with Crippen molar-refractivity contribution in [2.24, 2.45) is 0 Å². The number of hydrogen-bond acceptors (Lipinski definition) is 5. The zero-order valence-corrected chi connectivity index (χ0v) is 7.68. The molecule has 14 heavy (non-hydrogen) atoms. The van der Waals surface area contributed by atoms with E-state index in [1.54, 1.807) is 6.92 Å². The summed E-state index contributed by atoms with van der Waals surface area (Å²) in [4.78, 5) is 24.4. The number of pyridine rings is 1. The minimum absolute atomic E-state index is 0.0650. The summed E-state index contributed by atoms with van der Waals surface area (Å²) in [7, 11) is 1.19. The van der Waals surface area contributed by atoms with E-state index >= 15 is 0 Å². The average molecular weight is 196 g/mol. The normalized spacial score (nSPS) is 9.57. The molecule has 1 rings (SSSR count). The van der Waals surface area contributed by atoms with Gasteiger partial charge in [0.1, 0.15) is 0 Å². The number of ether oxygens (including phenoxy) is 1. The molecule has 6 nitrogen and oxygen atoms in total. The summed E-state index contributed by atoms with van der Waals surface area (Å²) in [6, 6.07) is 2.84. The summed E-state index contributed by atoms with van der Waals surface area (Å²) in [6.07, 6.45) is 0. The highest BCUT2D eigenvalue weighted by Crippen LogP contribution is 2.14. The Morgan fingerprint density at radius 2 is 2.21 bits per heavy atom. The molecule has 0 unspecified atom stereocenters. The topological polar surface area (TPSA) is 82.3 Å². The number of nitrogens with zero attached hydrogens (tertiary/aromatic N) is 2. The summed E-state index contributed by atoms with van der Waals surface area (Å²) in [6.45, 7) is 1.55. The molecule has 0 aromatic carbocycles. The number of rotatable bonds is 2. The molecule has 0 radical (unpaired) electrons. The number of carbonyl (C=O) groups is 1. The fourth-order valence-corrected chi connectivity index (χ4v) is 0.921. The highest BCUT2D eigenvalue weighted by Gasteiger charge is 2.19. The third kappa shape index (κ3) is 1.85. The Morgan fingerprint density at radius 1 is 1.57 bits per heavy atom. The lowest BCUT2D eigenvalue weighted by Gasteiger charge is -1.97. The van der Waals surface area contributed by atoms with Crippen LogP contribution in [0, 0.1) is 17.0 Å². The van der Waals surface area contributed by atoms with E-state index in [1.165, 1.54) is 19.2 Å². The molecule has 0 aliphatic heterocycles.